The van der Waals surface area contributed by atoms with Gasteiger partial charge in [0.2, 0.25) is 15.8 Å². The van der Waals surface area contributed by atoms with E-state index in [2.05, 4.69) is 0 Å². The van der Waals surface area contributed by atoms with Crippen molar-refractivity contribution in [2.24, 2.45) is 0 Å². The Bertz CT molecular complexity index is 1040. The molecule has 1 atom stereocenters. The molecule has 0 bridgehead atoms. The Kier molecular flexibility index (Phi) is 6.95. The normalized spacial score (nSPS) is 15.7. The summed E-state index contributed by atoms with van der Waals surface area (Å²) < 4.78 is 32.2. The van der Waals surface area contributed by atoms with Crippen LogP contribution in [0.5, 0.6) is 0 Å². The number of carbonyl (C=O) groups excluding carboxylic acids is 2. The van der Waals surface area contributed by atoms with Gasteiger partial charge in [0.1, 0.15) is 0 Å². The van der Waals surface area contributed by atoms with Crippen LogP contribution in [-0.2, 0) is 21.2 Å². The van der Waals surface area contributed by atoms with Crippen molar-refractivity contribution in [1.29, 1.82) is 0 Å². The van der Waals surface area contributed by atoms with Crippen LogP contribution in [0.1, 0.15) is 53.0 Å². The SMILES string of the molecule is CCc1ccc(C(=O)C(C)OC(=O)c2cc(S(=O)(=O)N3CCCC3)ccc2Cl)cc1. The summed E-state index contributed by atoms with van der Waals surface area (Å²) in [5.41, 5.74) is 1.45. The molecule has 0 amide bonds. The van der Waals surface area contributed by atoms with Crippen molar-refractivity contribution in [3.8, 4) is 0 Å². The minimum atomic E-state index is -3.71. The van der Waals surface area contributed by atoms with E-state index in [4.69, 9.17) is 16.3 Å². The topological polar surface area (TPSA) is 80.8 Å². The van der Waals surface area contributed by atoms with Crippen LogP contribution in [0.3, 0.4) is 0 Å². The van der Waals surface area contributed by atoms with E-state index < -0.39 is 22.1 Å². The largest absolute Gasteiger partial charge is 0.451 e. The molecule has 2 aromatic carbocycles. The Hall–Kier alpha value is -2.22. The number of hydrogen-bond donors (Lipinski definition) is 0. The van der Waals surface area contributed by atoms with Crippen molar-refractivity contribution in [3.63, 3.8) is 0 Å². The van der Waals surface area contributed by atoms with E-state index in [9.17, 15) is 18.0 Å². The fourth-order valence-corrected chi connectivity index (χ4v) is 5.05. The second-order valence-corrected chi connectivity index (χ2v) is 9.56. The van der Waals surface area contributed by atoms with Gasteiger partial charge in [0.25, 0.3) is 0 Å². The predicted octanol–water partition coefficient (Wildman–Crippen LogP) is 4.12. The highest BCUT2D eigenvalue weighted by Crippen LogP contribution is 2.26. The smallest absolute Gasteiger partial charge is 0.340 e. The van der Waals surface area contributed by atoms with Crippen molar-refractivity contribution in [2.45, 2.75) is 44.1 Å². The summed E-state index contributed by atoms with van der Waals surface area (Å²) in [6.07, 6.45) is 1.43. The number of benzene rings is 2. The van der Waals surface area contributed by atoms with Crippen LogP contribution in [0.25, 0.3) is 0 Å². The molecule has 8 heteroatoms. The van der Waals surface area contributed by atoms with Crippen LogP contribution in [0, 0.1) is 0 Å². The number of ketones is 1. The maximum atomic E-state index is 12.8. The first kappa shape index (κ1) is 22.5. The van der Waals surface area contributed by atoms with Gasteiger partial charge in [0.15, 0.2) is 6.10 Å². The van der Waals surface area contributed by atoms with E-state index in [1.54, 1.807) is 12.1 Å². The van der Waals surface area contributed by atoms with Gasteiger partial charge in [-0.25, -0.2) is 13.2 Å². The number of aryl methyl sites for hydroxylation is 1. The third kappa shape index (κ3) is 4.74. The molecule has 6 nitrogen and oxygen atoms in total. The highest BCUT2D eigenvalue weighted by Gasteiger charge is 2.29. The van der Waals surface area contributed by atoms with Crippen LogP contribution in [0.2, 0.25) is 5.02 Å². The lowest BCUT2D eigenvalue weighted by Gasteiger charge is -2.17. The van der Waals surface area contributed by atoms with Crippen LogP contribution < -0.4 is 0 Å². The van der Waals surface area contributed by atoms with E-state index in [0.717, 1.165) is 24.8 Å². The molecular formula is C22H24ClNO5S. The zero-order valence-corrected chi connectivity index (χ0v) is 18.5. The molecule has 0 radical (unpaired) electrons. The summed E-state index contributed by atoms with van der Waals surface area (Å²) in [4.78, 5) is 25.2. The van der Waals surface area contributed by atoms with Crippen molar-refractivity contribution in [1.82, 2.24) is 4.31 Å². The molecule has 0 N–H and O–H groups in total. The monoisotopic (exact) mass is 449 g/mol. The Balaban J connectivity index is 1.78. The highest BCUT2D eigenvalue weighted by atomic mass is 35.5. The lowest BCUT2D eigenvalue weighted by Crippen LogP contribution is -2.28. The zero-order valence-electron chi connectivity index (χ0n) is 16.9. The zero-order chi connectivity index (χ0) is 21.9. The second kappa shape index (κ2) is 9.29. The molecule has 0 aliphatic carbocycles. The molecule has 1 fully saturated rings. The summed E-state index contributed by atoms with van der Waals surface area (Å²) in [6.45, 7) is 4.40. The molecule has 1 unspecified atom stereocenters. The standard InChI is InChI=1S/C22H24ClNO5S/c1-3-16-6-8-17(9-7-16)21(25)15(2)29-22(26)19-14-18(10-11-20(19)23)30(27,28)24-12-4-5-13-24/h6-11,14-15H,3-5,12-13H2,1-2H3. The molecule has 0 saturated carbocycles. The number of ether oxygens (including phenoxy) is 1. The summed E-state index contributed by atoms with van der Waals surface area (Å²) in [5, 5.41) is 0.0623. The van der Waals surface area contributed by atoms with E-state index in [1.165, 1.54) is 29.4 Å². The lowest BCUT2D eigenvalue weighted by atomic mass is 10.0. The van der Waals surface area contributed by atoms with Gasteiger partial charge in [-0.05, 0) is 49.9 Å². The third-order valence-corrected chi connectivity index (χ3v) is 7.38. The van der Waals surface area contributed by atoms with E-state index in [0.29, 0.717) is 18.7 Å². The first-order valence-electron chi connectivity index (χ1n) is 9.88. The number of hydrogen-bond acceptors (Lipinski definition) is 5. The first-order valence-corrected chi connectivity index (χ1v) is 11.7. The number of carbonyl (C=O) groups is 2. The minimum Gasteiger partial charge on any atom is -0.451 e. The number of sulfonamides is 1. The molecule has 2 aromatic rings. The molecule has 30 heavy (non-hydrogen) atoms. The number of esters is 1. The fraction of sp³-hybridized carbons (Fsp3) is 0.364. The molecule has 3 rings (SSSR count). The lowest BCUT2D eigenvalue weighted by molar-refractivity contribution is 0.0318. The highest BCUT2D eigenvalue weighted by molar-refractivity contribution is 7.89. The van der Waals surface area contributed by atoms with Gasteiger partial charge < -0.3 is 4.74 Å². The Morgan fingerprint density at radius 1 is 1.10 bits per heavy atom. The molecule has 0 aromatic heterocycles. The molecule has 1 aliphatic heterocycles. The molecule has 1 heterocycles. The summed E-state index contributed by atoms with van der Waals surface area (Å²) in [6, 6.07) is 11.0. The number of nitrogens with zero attached hydrogens (tertiary/aromatic N) is 1. The fourth-order valence-electron chi connectivity index (χ4n) is 3.32. The van der Waals surface area contributed by atoms with Gasteiger partial charge in [0.05, 0.1) is 15.5 Å². The molecule has 160 valence electrons. The van der Waals surface area contributed by atoms with Crippen molar-refractivity contribution in [3.05, 3.63) is 64.2 Å². The Labute approximate surface area is 181 Å². The summed E-state index contributed by atoms with van der Waals surface area (Å²) in [7, 11) is -3.71. The van der Waals surface area contributed by atoms with Gasteiger partial charge in [-0.15, -0.1) is 0 Å². The molecular weight excluding hydrogens is 426 g/mol. The molecule has 1 aliphatic rings. The predicted molar refractivity (Wildman–Crippen MR) is 114 cm³/mol. The Morgan fingerprint density at radius 3 is 2.33 bits per heavy atom. The number of rotatable bonds is 7. The second-order valence-electron chi connectivity index (χ2n) is 7.22. The molecule has 0 spiro atoms. The Morgan fingerprint density at radius 2 is 1.73 bits per heavy atom. The van der Waals surface area contributed by atoms with Crippen molar-refractivity contribution < 1.29 is 22.7 Å². The summed E-state index contributed by atoms with van der Waals surface area (Å²) in [5.74, 6) is -1.19. The van der Waals surface area contributed by atoms with E-state index in [1.807, 2.05) is 19.1 Å². The van der Waals surface area contributed by atoms with Crippen LogP contribution in [0.4, 0.5) is 0 Å². The third-order valence-electron chi connectivity index (χ3n) is 5.16. The van der Waals surface area contributed by atoms with Crippen LogP contribution >= 0.6 is 11.6 Å². The van der Waals surface area contributed by atoms with E-state index in [-0.39, 0.29) is 21.3 Å². The number of Topliss-reactive ketones (excluding diaryl/α,β-unsaturated/α-hetero) is 1. The quantitative estimate of drug-likeness (QED) is 0.469. The molecule has 1 saturated heterocycles. The van der Waals surface area contributed by atoms with Crippen LogP contribution in [0.15, 0.2) is 47.4 Å². The van der Waals surface area contributed by atoms with Crippen molar-refractivity contribution >= 4 is 33.4 Å². The average molecular weight is 450 g/mol. The van der Waals surface area contributed by atoms with Gasteiger partial charge in [-0.3, -0.25) is 4.79 Å². The summed E-state index contributed by atoms with van der Waals surface area (Å²) >= 11 is 6.12. The first-order chi connectivity index (χ1) is 14.2. The van der Waals surface area contributed by atoms with E-state index >= 15 is 0 Å². The number of halogens is 1. The minimum absolute atomic E-state index is 0.0186. The van der Waals surface area contributed by atoms with Crippen LogP contribution in [-0.4, -0.2) is 43.7 Å². The van der Waals surface area contributed by atoms with Crippen molar-refractivity contribution in [2.75, 3.05) is 13.1 Å². The average Bonchev–Trinajstić information content (AvgIpc) is 3.29. The van der Waals surface area contributed by atoms with Gasteiger partial charge in [0, 0.05) is 18.7 Å². The van der Waals surface area contributed by atoms with Gasteiger partial charge in [-0.1, -0.05) is 42.8 Å². The maximum absolute atomic E-state index is 12.8. The maximum Gasteiger partial charge on any atom is 0.340 e. The van der Waals surface area contributed by atoms with Gasteiger partial charge in [-0.2, -0.15) is 4.31 Å². The van der Waals surface area contributed by atoms with Gasteiger partial charge >= 0.3 is 5.97 Å².